The van der Waals surface area contributed by atoms with E-state index in [1.54, 1.807) is 24.1 Å². The number of amides is 1. The summed E-state index contributed by atoms with van der Waals surface area (Å²) in [4.78, 5) is 29.2. The zero-order valence-corrected chi connectivity index (χ0v) is 12.5. The second kappa shape index (κ2) is 8.21. The minimum atomic E-state index is -1.05. The fourth-order valence-corrected chi connectivity index (χ4v) is 1.73. The molecule has 0 aliphatic heterocycles. The van der Waals surface area contributed by atoms with E-state index in [0.717, 1.165) is 0 Å². The number of carbonyl (C=O) groups excluding carboxylic acids is 1. The van der Waals surface area contributed by atoms with E-state index in [2.05, 4.69) is 10.3 Å². The lowest BCUT2D eigenvalue weighted by molar-refractivity contribution is -0.139. The smallest absolute Gasteiger partial charge is 0.326 e. The van der Waals surface area contributed by atoms with Crippen molar-refractivity contribution in [3.05, 3.63) is 23.9 Å². The summed E-state index contributed by atoms with van der Waals surface area (Å²) in [7, 11) is 5.18. The van der Waals surface area contributed by atoms with Crippen LogP contribution in [0.25, 0.3) is 0 Å². The molecule has 1 aromatic rings. The SMILES string of the molecule is COCCCC(NC(=O)c1ccnc(N(C)C)c1)C(=O)O. The number of aromatic nitrogens is 1. The fraction of sp³-hybridized carbons (Fsp3) is 0.500. The molecular weight excluding hydrogens is 274 g/mol. The number of ether oxygens (including phenoxy) is 1. The molecule has 0 aliphatic carbocycles. The lowest BCUT2D eigenvalue weighted by Gasteiger charge is -2.15. The first-order valence-corrected chi connectivity index (χ1v) is 6.61. The van der Waals surface area contributed by atoms with Crippen LogP contribution < -0.4 is 10.2 Å². The Balaban J connectivity index is 2.72. The largest absolute Gasteiger partial charge is 0.480 e. The van der Waals surface area contributed by atoms with Crippen LogP contribution in [0.3, 0.4) is 0 Å². The zero-order valence-electron chi connectivity index (χ0n) is 12.5. The molecule has 1 amide bonds. The molecule has 2 N–H and O–H groups in total. The number of carboxylic acids is 1. The number of aliphatic carboxylic acids is 1. The van der Waals surface area contributed by atoms with Gasteiger partial charge in [0.2, 0.25) is 0 Å². The molecule has 116 valence electrons. The topological polar surface area (TPSA) is 91.8 Å². The summed E-state index contributed by atoms with van der Waals surface area (Å²) in [5, 5.41) is 11.7. The number of rotatable bonds is 8. The van der Waals surface area contributed by atoms with Gasteiger partial charge in [0, 0.05) is 39.6 Å². The van der Waals surface area contributed by atoms with Gasteiger partial charge in [0.25, 0.3) is 5.91 Å². The summed E-state index contributed by atoms with van der Waals surface area (Å²) < 4.78 is 4.88. The first-order valence-electron chi connectivity index (χ1n) is 6.61. The van der Waals surface area contributed by atoms with Crippen molar-refractivity contribution < 1.29 is 19.4 Å². The van der Waals surface area contributed by atoms with Crippen molar-refractivity contribution in [3.8, 4) is 0 Å². The molecule has 0 radical (unpaired) electrons. The molecule has 1 aromatic heterocycles. The molecule has 21 heavy (non-hydrogen) atoms. The number of hydrogen-bond donors (Lipinski definition) is 2. The van der Waals surface area contributed by atoms with Crippen LogP contribution >= 0.6 is 0 Å². The fourth-order valence-electron chi connectivity index (χ4n) is 1.73. The Morgan fingerprint density at radius 1 is 1.48 bits per heavy atom. The highest BCUT2D eigenvalue weighted by Gasteiger charge is 2.20. The van der Waals surface area contributed by atoms with Gasteiger partial charge >= 0.3 is 5.97 Å². The van der Waals surface area contributed by atoms with Gasteiger partial charge in [0.1, 0.15) is 11.9 Å². The number of anilines is 1. The molecule has 1 rings (SSSR count). The normalized spacial score (nSPS) is 11.8. The van der Waals surface area contributed by atoms with Crippen molar-refractivity contribution in [1.82, 2.24) is 10.3 Å². The van der Waals surface area contributed by atoms with Crippen LogP contribution in [-0.2, 0) is 9.53 Å². The standard InChI is InChI=1S/C14H21N3O4/c1-17(2)12-9-10(6-7-15-12)13(18)16-11(14(19)20)5-4-8-21-3/h6-7,9,11H,4-5,8H2,1-3H3,(H,16,18)(H,19,20). The van der Waals surface area contributed by atoms with Crippen molar-refractivity contribution >= 4 is 17.7 Å². The number of carboxylic acid groups (broad SMARTS) is 1. The average Bonchev–Trinajstić information content (AvgIpc) is 2.46. The Kier molecular flexibility index (Phi) is 6.61. The quantitative estimate of drug-likeness (QED) is 0.688. The Labute approximate surface area is 123 Å². The molecule has 7 nitrogen and oxygen atoms in total. The Bertz CT molecular complexity index is 491. The predicted octanol–water partition coefficient (Wildman–Crippen LogP) is 0.757. The van der Waals surface area contributed by atoms with Crippen molar-refractivity contribution in [1.29, 1.82) is 0 Å². The maximum absolute atomic E-state index is 12.1. The Hall–Kier alpha value is -2.15. The van der Waals surface area contributed by atoms with E-state index in [-0.39, 0.29) is 0 Å². The van der Waals surface area contributed by atoms with E-state index in [1.807, 2.05) is 14.1 Å². The number of nitrogens with one attached hydrogen (secondary N) is 1. The summed E-state index contributed by atoms with van der Waals surface area (Å²) in [6.07, 6.45) is 2.40. The lowest BCUT2D eigenvalue weighted by Crippen LogP contribution is -2.41. The monoisotopic (exact) mass is 295 g/mol. The second-order valence-electron chi connectivity index (χ2n) is 4.80. The zero-order chi connectivity index (χ0) is 15.8. The van der Waals surface area contributed by atoms with Gasteiger partial charge in [0.15, 0.2) is 0 Å². The van der Waals surface area contributed by atoms with Crippen LogP contribution in [-0.4, -0.2) is 55.8 Å². The summed E-state index contributed by atoms with van der Waals surface area (Å²) in [6, 6.07) is 2.24. The van der Waals surface area contributed by atoms with Crippen molar-refractivity contribution in [3.63, 3.8) is 0 Å². The maximum Gasteiger partial charge on any atom is 0.326 e. The van der Waals surface area contributed by atoms with E-state index in [9.17, 15) is 9.59 Å². The molecule has 0 saturated carbocycles. The number of carbonyl (C=O) groups is 2. The molecule has 0 aromatic carbocycles. The Morgan fingerprint density at radius 3 is 2.76 bits per heavy atom. The van der Waals surface area contributed by atoms with Crippen LogP contribution in [0.1, 0.15) is 23.2 Å². The van der Waals surface area contributed by atoms with E-state index in [1.165, 1.54) is 6.20 Å². The molecule has 0 saturated heterocycles. The van der Waals surface area contributed by atoms with E-state index in [0.29, 0.717) is 30.8 Å². The third kappa shape index (κ3) is 5.39. The van der Waals surface area contributed by atoms with E-state index < -0.39 is 17.9 Å². The van der Waals surface area contributed by atoms with Gasteiger partial charge in [-0.05, 0) is 25.0 Å². The molecule has 1 heterocycles. The molecule has 0 bridgehead atoms. The number of nitrogens with zero attached hydrogens (tertiary/aromatic N) is 2. The van der Waals surface area contributed by atoms with E-state index in [4.69, 9.17) is 9.84 Å². The van der Waals surface area contributed by atoms with Crippen LogP contribution in [0.4, 0.5) is 5.82 Å². The molecule has 0 fully saturated rings. The first kappa shape index (κ1) is 16.9. The molecule has 1 atom stereocenters. The minimum absolute atomic E-state index is 0.320. The third-order valence-electron chi connectivity index (χ3n) is 2.91. The second-order valence-corrected chi connectivity index (χ2v) is 4.80. The van der Waals surface area contributed by atoms with Crippen molar-refractivity contribution in [2.45, 2.75) is 18.9 Å². The highest BCUT2D eigenvalue weighted by atomic mass is 16.5. The molecule has 1 unspecified atom stereocenters. The first-order chi connectivity index (χ1) is 9.95. The highest BCUT2D eigenvalue weighted by molar-refractivity contribution is 5.97. The van der Waals surface area contributed by atoms with Gasteiger partial charge < -0.3 is 20.1 Å². The number of hydrogen-bond acceptors (Lipinski definition) is 5. The molecular formula is C14H21N3O4. The van der Waals surface area contributed by atoms with E-state index >= 15 is 0 Å². The molecule has 7 heteroatoms. The molecule has 0 aliphatic rings. The summed E-state index contributed by atoms with van der Waals surface area (Å²) in [5.74, 6) is -0.847. The summed E-state index contributed by atoms with van der Waals surface area (Å²) in [6.45, 7) is 0.458. The van der Waals surface area contributed by atoms with Crippen LogP contribution in [0.5, 0.6) is 0 Å². The van der Waals surface area contributed by atoms with Gasteiger partial charge in [0.05, 0.1) is 0 Å². The third-order valence-corrected chi connectivity index (χ3v) is 2.91. The average molecular weight is 295 g/mol. The Morgan fingerprint density at radius 2 is 2.19 bits per heavy atom. The minimum Gasteiger partial charge on any atom is -0.480 e. The highest BCUT2D eigenvalue weighted by Crippen LogP contribution is 2.10. The number of methoxy groups -OCH3 is 1. The van der Waals surface area contributed by atoms with Crippen LogP contribution in [0.2, 0.25) is 0 Å². The summed E-state index contributed by atoms with van der Waals surface area (Å²) in [5.41, 5.74) is 0.381. The van der Waals surface area contributed by atoms with Crippen molar-refractivity contribution in [2.24, 2.45) is 0 Å². The van der Waals surface area contributed by atoms with Crippen LogP contribution in [0, 0.1) is 0 Å². The maximum atomic E-state index is 12.1. The van der Waals surface area contributed by atoms with Crippen molar-refractivity contribution in [2.75, 3.05) is 32.7 Å². The number of pyridine rings is 1. The molecule has 0 spiro atoms. The van der Waals surface area contributed by atoms with Gasteiger partial charge in [-0.25, -0.2) is 9.78 Å². The van der Waals surface area contributed by atoms with Gasteiger partial charge in [-0.2, -0.15) is 0 Å². The van der Waals surface area contributed by atoms with Gasteiger partial charge in [-0.1, -0.05) is 0 Å². The van der Waals surface area contributed by atoms with Crippen LogP contribution in [0.15, 0.2) is 18.3 Å². The lowest BCUT2D eigenvalue weighted by atomic mass is 10.1. The summed E-state index contributed by atoms with van der Waals surface area (Å²) >= 11 is 0. The van der Waals surface area contributed by atoms with Gasteiger partial charge in [-0.15, -0.1) is 0 Å². The van der Waals surface area contributed by atoms with Gasteiger partial charge in [-0.3, -0.25) is 4.79 Å². The predicted molar refractivity (Wildman–Crippen MR) is 78.6 cm³/mol.